The molecule has 90 valence electrons. The number of anilines is 1. The van der Waals surface area contributed by atoms with Crippen LogP contribution in [0.25, 0.3) is 0 Å². The van der Waals surface area contributed by atoms with Crippen LogP contribution in [0.4, 0.5) is 18.3 Å². The molecule has 1 aromatic rings. The summed E-state index contributed by atoms with van der Waals surface area (Å²) in [7, 11) is 0. The molecule has 0 saturated carbocycles. The molecule has 0 fully saturated rings. The molecule has 1 amide bonds. The van der Waals surface area contributed by atoms with E-state index in [1.54, 1.807) is 0 Å². The van der Waals surface area contributed by atoms with Gasteiger partial charge in [0.1, 0.15) is 0 Å². The highest BCUT2D eigenvalue weighted by Gasteiger charge is 2.33. The summed E-state index contributed by atoms with van der Waals surface area (Å²) in [6.07, 6.45) is -4.20. The van der Waals surface area contributed by atoms with Crippen molar-refractivity contribution >= 4 is 22.4 Å². The lowest BCUT2D eigenvalue weighted by molar-refractivity contribution is -0.140. The molecular formula is C9H11F3N2OS. The molecular weight excluding hydrogens is 241 g/mol. The molecule has 0 aliphatic heterocycles. The zero-order chi connectivity index (χ0) is 12.3. The van der Waals surface area contributed by atoms with E-state index >= 15 is 0 Å². The number of carbonyl (C=O) groups is 1. The molecule has 0 saturated heterocycles. The third kappa shape index (κ3) is 3.80. The van der Waals surface area contributed by atoms with Crippen LogP contribution >= 0.6 is 11.3 Å². The topological polar surface area (TPSA) is 42.0 Å². The summed E-state index contributed by atoms with van der Waals surface area (Å²) < 4.78 is 36.5. The molecule has 3 nitrogen and oxygen atoms in total. The van der Waals surface area contributed by atoms with E-state index in [-0.39, 0.29) is 23.4 Å². The van der Waals surface area contributed by atoms with Crippen LogP contribution in [0.1, 0.15) is 26.0 Å². The van der Waals surface area contributed by atoms with Gasteiger partial charge in [0.25, 0.3) is 0 Å². The first-order valence-corrected chi connectivity index (χ1v) is 5.49. The molecule has 0 aromatic carbocycles. The van der Waals surface area contributed by atoms with Gasteiger partial charge in [-0.15, -0.1) is 11.3 Å². The fourth-order valence-corrected chi connectivity index (χ4v) is 1.74. The van der Waals surface area contributed by atoms with Gasteiger partial charge in [-0.3, -0.25) is 4.79 Å². The number of rotatable bonds is 3. The molecule has 1 heterocycles. The van der Waals surface area contributed by atoms with Crippen molar-refractivity contribution in [1.29, 1.82) is 0 Å². The maximum absolute atomic E-state index is 12.2. The number of hydrogen-bond acceptors (Lipinski definition) is 3. The van der Waals surface area contributed by atoms with Crippen molar-refractivity contribution < 1.29 is 18.0 Å². The Balaban J connectivity index is 2.62. The van der Waals surface area contributed by atoms with Crippen molar-refractivity contribution in [2.45, 2.75) is 26.4 Å². The summed E-state index contributed by atoms with van der Waals surface area (Å²) in [6, 6.07) is 0. The first kappa shape index (κ1) is 13.0. The van der Waals surface area contributed by atoms with Crippen molar-refractivity contribution in [2.75, 3.05) is 5.32 Å². The molecule has 0 aliphatic carbocycles. The van der Waals surface area contributed by atoms with Gasteiger partial charge < -0.3 is 5.32 Å². The van der Waals surface area contributed by atoms with Crippen LogP contribution < -0.4 is 5.32 Å². The van der Waals surface area contributed by atoms with Gasteiger partial charge in [-0.05, 0) is 5.92 Å². The zero-order valence-electron chi connectivity index (χ0n) is 8.76. The van der Waals surface area contributed by atoms with E-state index in [0.717, 1.165) is 16.7 Å². The van der Waals surface area contributed by atoms with Crippen LogP contribution in [0.5, 0.6) is 0 Å². The molecule has 0 unspecified atom stereocenters. The number of hydrogen-bond donors (Lipinski definition) is 1. The SMILES string of the molecule is CC(C)CC(=O)Nc1nc(C(F)(F)F)cs1. The number of halogens is 3. The number of alkyl halides is 3. The van der Waals surface area contributed by atoms with Crippen LogP contribution in [0, 0.1) is 5.92 Å². The predicted octanol–water partition coefficient (Wildman–Crippen LogP) is 3.15. The predicted molar refractivity (Wildman–Crippen MR) is 55.2 cm³/mol. The quantitative estimate of drug-likeness (QED) is 0.897. The minimum absolute atomic E-state index is 0.0158. The Hall–Kier alpha value is -1.11. The van der Waals surface area contributed by atoms with Gasteiger partial charge in [0.2, 0.25) is 5.91 Å². The largest absolute Gasteiger partial charge is 0.434 e. The van der Waals surface area contributed by atoms with Gasteiger partial charge in [-0.1, -0.05) is 13.8 Å². The highest BCUT2D eigenvalue weighted by atomic mass is 32.1. The van der Waals surface area contributed by atoms with Crippen molar-refractivity contribution in [3.8, 4) is 0 Å². The minimum Gasteiger partial charge on any atom is -0.302 e. The Kier molecular flexibility index (Phi) is 3.90. The fourth-order valence-electron chi connectivity index (χ4n) is 1.00. The molecule has 7 heteroatoms. The van der Waals surface area contributed by atoms with Gasteiger partial charge in [0, 0.05) is 11.8 Å². The van der Waals surface area contributed by atoms with E-state index in [1.807, 2.05) is 13.8 Å². The van der Waals surface area contributed by atoms with Crippen molar-refractivity contribution in [1.82, 2.24) is 4.98 Å². The third-order valence-corrected chi connectivity index (χ3v) is 2.39. The molecule has 0 bridgehead atoms. The summed E-state index contributed by atoms with van der Waals surface area (Å²) in [6.45, 7) is 3.70. The maximum atomic E-state index is 12.2. The van der Waals surface area contributed by atoms with E-state index < -0.39 is 11.9 Å². The second-order valence-electron chi connectivity index (χ2n) is 3.68. The van der Waals surface area contributed by atoms with E-state index in [4.69, 9.17) is 0 Å². The van der Waals surface area contributed by atoms with Crippen molar-refractivity contribution in [3.05, 3.63) is 11.1 Å². The summed E-state index contributed by atoms with van der Waals surface area (Å²) in [5.74, 6) is -0.167. The van der Waals surface area contributed by atoms with Gasteiger partial charge in [-0.2, -0.15) is 13.2 Å². The van der Waals surface area contributed by atoms with Gasteiger partial charge in [0.15, 0.2) is 10.8 Å². The summed E-state index contributed by atoms with van der Waals surface area (Å²) in [4.78, 5) is 14.5. The first-order chi connectivity index (χ1) is 7.29. The molecule has 1 N–H and O–H groups in total. The highest BCUT2D eigenvalue weighted by Crippen LogP contribution is 2.31. The second kappa shape index (κ2) is 4.82. The molecule has 0 spiro atoms. The van der Waals surface area contributed by atoms with Gasteiger partial charge >= 0.3 is 6.18 Å². The molecule has 0 aliphatic rings. The molecule has 0 radical (unpaired) electrons. The maximum Gasteiger partial charge on any atom is 0.434 e. The zero-order valence-corrected chi connectivity index (χ0v) is 9.58. The number of amides is 1. The van der Waals surface area contributed by atoms with E-state index in [9.17, 15) is 18.0 Å². The van der Waals surface area contributed by atoms with Crippen molar-refractivity contribution in [3.63, 3.8) is 0 Å². The highest BCUT2D eigenvalue weighted by molar-refractivity contribution is 7.13. The Morgan fingerprint density at radius 3 is 2.62 bits per heavy atom. The molecule has 1 aromatic heterocycles. The van der Waals surface area contributed by atoms with Gasteiger partial charge in [0.05, 0.1) is 0 Å². The molecule has 1 rings (SSSR count). The summed E-state index contributed by atoms with van der Waals surface area (Å²) in [5, 5.41) is 3.20. The van der Waals surface area contributed by atoms with E-state index in [0.29, 0.717) is 0 Å². The van der Waals surface area contributed by atoms with Gasteiger partial charge in [-0.25, -0.2) is 4.98 Å². The van der Waals surface area contributed by atoms with Crippen molar-refractivity contribution in [2.24, 2.45) is 5.92 Å². The van der Waals surface area contributed by atoms with Crippen LogP contribution in [-0.2, 0) is 11.0 Å². The smallest absolute Gasteiger partial charge is 0.302 e. The number of nitrogens with one attached hydrogen (secondary N) is 1. The second-order valence-corrected chi connectivity index (χ2v) is 4.54. The average Bonchev–Trinajstić information content (AvgIpc) is 2.49. The number of thiazole rings is 1. The third-order valence-electron chi connectivity index (χ3n) is 1.63. The lowest BCUT2D eigenvalue weighted by Gasteiger charge is -2.04. The molecule has 16 heavy (non-hydrogen) atoms. The van der Waals surface area contributed by atoms with E-state index in [2.05, 4.69) is 10.3 Å². The monoisotopic (exact) mass is 252 g/mol. The minimum atomic E-state index is -4.46. The Morgan fingerprint density at radius 1 is 1.56 bits per heavy atom. The Bertz CT molecular complexity index is 373. The normalized spacial score (nSPS) is 11.9. The standard InChI is InChI=1S/C9H11F3N2OS/c1-5(2)3-7(15)14-8-13-6(4-16-8)9(10,11)12/h4-5H,3H2,1-2H3,(H,13,14,15). The fraction of sp³-hybridized carbons (Fsp3) is 0.556. The first-order valence-electron chi connectivity index (χ1n) is 4.61. The number of carbonyl (C=O) groups excluding carboxylic acids is 1. The number of aromatic nitrogens is 1. The average molecular weight is 252 g/mol. The lowest BCUT2D eigenvalue weighted by Crippen LogP contribution is -2.14. The van der Waals surface area contributed by atoms with E-state index in [1.165, 1.54) is 0 Å². The molecule has 0 atom stereocenters. The Morgan fingerprint density at radius 2 is 2.19 bits per heavy atom. The van der Waals surface area contributed by atoms with Crippen LogP contribution in [0.15, 0.2) is 5.38 Å². The van der Waals surface area contributed by atoms with Crippen LogP contribution in [0.2, 0.25) is 0 Å². The lowest BCUT2D eigenvalue weighted by atomic mass is 10.1. The number of nitrogens with zero attached hydrogens (tertiary/aromatic N) is 1. The summed E-state index contributed by atoms with van der Waals surface area (Å²) >= 11 is 0.769. The summed E-state index contributed by atoms with van der Waals surface area (Å²) in [5.41, 5.74) is -0.975. The van der Waals surface area contributed by atoms with Crippen LogP contribution in [-0.4, -0.2) is 10.9 Å². The Labute approximate surface area is 94.7 Å². The van der Waals surface area contributed by atoms with Crippen LogP contribution in [0.3, 0.4) is 0 Å².